The van der Waals surface area contributed by atoms with Crippen molar-refractivity contribution in [1.82, 2.24) is 4.98 Å². The molecule has 1 saturated carbocycles. The van der Waals surface area contributed by atoms with E-state index < -0.39 is 0 Å². The third kappa shape index (κ3) is 2.35. The summed E-state index contributed by atoms with van der Waals surface area (Å²) in [7, 11) is 0. The Hall–Kier alpha value is -2.41. The van der Waals surface area contributed by atoms with Gasteiger partial charge in [-0.2, -0.15) is 5.26 Å². The first-order valence-electron chi connectivity index (χ1n) is 6.62. The van der Waals surface area contributed by atoms with E-state index in [4.69, 9.17) is 5.26 Å². The summed E-state index contributed by atoms with van der Waals surface area (Å²) in [6.07, 6.45) is 2.30. The first-order valence-corrected chi connectivity index (χ1v) is 6.62. The zero-order valence-electron chi connectivity index (χ0n) is 11.2. The third-order valence-electron chi connectivity index (χ3n) is 3.55. The molecule has 1 heterocycles. The van der Waals surface area contributed by atoms with Crippen LogP contribution in [0.15, 0.2) is 30.3 Å². The highest BCUT2D eigenvalue weighted by molar-refractivity contribution is 5.65. The summed E-state index contributed by atoms with van der Waals surface area (Å²) in [5.74, 6) is 0.745. The van der Waals surface area contributed by atoms with Gasteiger partial charge in [-0.25, -0.2) is 9.37 Å². The number of nitrogens with zero attached hydrogens (tertiary/aromatic N) is 2. The Morgan fingerprint density at radius 3 is 2.80 bits per heavy atom. The second-order valence-corrected chi connectivity index (χ2v) is 5.06. The highest BCUT2D eigenvalue weighted by Gasteiger charge is 2.25. The number of halogens is 1. The molecule has 100 valence electrons. The normalized spacial score (nSPS) is 13.8. The molecule has 0 atom stereocenters. The largest absolute Gasteiger partial charge is 0.339 e. The monoisotopic (exact) mass is 267 g/mol. The van der Waals surface area contributed by atoms with E-state index in [0.29, 0.717) is 28.6 Å². The molecule has 0 radical (unpaired) electrons. The van der Waals surface area contributed by atoms with Gasteiger partial charge in [0.2, 0.25) is 0 Å². The Morgan fingerprint density at radius 1 is 1.30 bits per heavy atom. The lowest BCUT2D eigenvalue weighted by Crippen LogP contribution is -2.01. The highest BCUT2D eigenvalue weighted by Crippen LogP contribution is 2.39. The Bertz CT molecular complexity index is 699. The highest BCUT2D eigenvalue weighted by atomic mass is 19.1. The van der Waals surface area contributed by atoms with Gasteiger partial charge in [-0.3, -0.25) is 0 Å². The van der Waals surface area contributed by atoms with Gasteiger partial charge in [0.15, 0.2) is 0 Å². The molecule has 1 aromatic carbocycles. The van der Waals surface area contributed by atoms with Crippen LogP contribution in [0.25, 0.3) is 0 Å². The second kappa shape index (κ2) is 4.93. The topological polar surface area (TPSA) is 48.7 Å². The molecule has 0 amide bonds. The van der Waals surface area contributed by atoms with Crippen LogP contribution in [0.4, 0.5) is 15.9 Å². The molecule has 1 N–H and O–H groups in total. The van der Waals surface area contributed by atoms with Crippen LogP contribution < -0.4 is 5.32 Å². The van der Waals surface area contributed by atoms with Crippen LogP contribution in [0.5, 0.6) is 0 Å². The molecule has 3 nitrogen and oxygen atoms in total. The van der Waals surface area contributed by atoms with E-state index in [-0.39, 0.29) is 5.82 Å². The van der Waals surface area contributed by atoms with E-state index >= 15 is 0 Å². The van der Waals surface area contributed by atoms with Gasteiger partial charge in [0.1, 0.15) is 17.7 Å². The molecule has 1 aromatic heterocycles. The van der Waals surface area contributed by atoms with Crippen molar-refractivity contribution in [3.63, 3.8) is 0 Å². The molecule has 4 heteroatoms. The first kappa shape index (κ1) is 12.6. The van der Waals surface area contributed by atoms with Crippen LogP contribution in [0.2, 0.25) is 0 Å². The number of benzene rings is 1. The molecular weight excluding hydrogens is 253 g/mol. The summed E-state index contributed by atoms with van der Waals surface area (Å²) in [4.78, 5) is 4.52. The molecule has 0 aliphatic heterocycles. The zero-order valence-corrected chi connectivity index (χ0v) is 11.2. The van der Waals surface area contributed by atoms with E-state index in [1.54, 1.807) is 25.1 Å². The molecule has 1 fully saturated rings. The lowest BCUT2D eigenvalue weighted by molar-refractivity contribution is 0.619. The van der Waals surface area contributed by atoms with Gasteiger partial charge in [-0.15, -0.1) is 0 Å². The molecular formula is C16H14FN3. The van der Waals surface area contributed by atoms with E-state index in [1.807, 2.05) is 6.07 Å². The fraction of sp³-hybridized carbons (Fsp3) is 0.250. The number of pyridine rings is 1. The van der Waals surface area contributed by atoms with Crippen LogP contribution in [-0.4, -0.2) is 4.98 Å². The molecule has 3 rings (SSSR count). The molecule has 1 aliphatic rings. The van der Waals surface area contributed by atoms with Crippen LogP contribution in [0.3, 0.4) is 0 Å². The quantitative estimate of drug-likeness (QED) is 0.913. The number of rotatable bonds is 3. The Kier molecular flexibility index (Phi) is 3.11. The number of aromatic nitrogens is 1. The van der Waals surface area contributed by atoms with Gasteiger partial charge in [0.25, 0.3) is 0 Å². The van der Waals surface area contributed by atoms with Gasteiger partial charge in [-0.1, -0.05) is 6.07 Å². The van der Waals surface area contributed by atoms with Gasteiger partial charge in [-0.05, 0) is 44.0 Å². The summed E-state index contributed by atoms with van der Waals surface area (Å²) in [5.41, 5.74) is 2.63. The van der Waals surface area contributed by atoms with Crippen molar-refractivity contribution in [3.05, 3.63) is 53.0 Å². The molecule has 0 spiro atoms. The summed E-state index contributed by atoms with van der Waals surface area (Å²) in [6.45, 7) is 1.70. The Balaban J connectivity index is 1.98. The van der Waals surface area contributed by atoms with Crippen molar-refractivity contribution in [2.24, 2.45) is 0 Å². The van der Waals surface area contributed by atoms with E-state index in [9.17, 15) is 4.39 Å². The fourth-order valence-electron chi connectivity index (χ4n) is 2.14. The van der Waals surface area contributed by atoms with Crippen molar-refractivity contribution < 1.29 is 4.39 Å². The number of nitrogens with one attached hydrogen (secondary N) is 1. The third-order valence-corrected chi connectivity index (χ3v) is 3.55. The molecule has 2 aromatic rings. The maximum atomic E-state index is 13.6. The predicted octanol–water partition coefficient (Wildman–Crippen LogP) is 4.02. The van der Waals surface area contributed by atoms with Crippen molar-refractivity contribution in [1.29, 1.82) is 5.26 Å². The Labute approximate surface area is 117 Å². The average Bonchev–Trinajstić information content (AvgIpc) is 3.28. The van der Waals surface area contributed by atoms with E-state index in [1.165, 1.54) is 6.07 Å². The van der Waals surface area contributed by atoms with Crippen LogP contribution in [-0.2, 0) is 0 Å². The van der Waals surface area contributed by atoms with Crippen molar-refractivity contribution in [2.45, 2.75) is 25.7 Å². The fourth-order valence-corrected chi connectivity index (χ4v) is 2.14. The molecule has 1 aliphatic carbocycles. The summed E-state index contributed by atoms with van der Waals surface area (Å²) in [5, 5.41) is 12.2. The standard InChI is InChI=1S/C16H14FN3/c1-10-13(17)3-2-4-14(10)19-16-12(9-18)7-8-15(20-16)11-5-6-11/h2-4,7-8,11H,5-6H2,1H3,(H,19,20). The number of hydrogen-bond donors (Lipinski definition) is 1. The van der Waals surface area contributed by atoms with Crippen molar-refractivity contribution >= 4 is 11.5 Å². The average molecular weight is 267 g/mol. The minimum atomic E-state index is -0.271. The minimum Gasteiger partial charge on any atom is -0.339 e. The lowest BCUT2D eigenvalue weighted by Gasteiger charge is -2.11. The lowest BCUT2D eigenvalue weighted by atomic mass is 10.1. The first-order chi connectivity index (χ1) is 9.69. The maximum absolute atomic E-state index is 13.6. The maximum Gasteiger partial charge on any atom is 0.148 e. The van der Waals surface area contributed by atoms with Crippen LogP contribution >= 0.6 is 0 Å². The van der Waals surface area contributed by atoms with Gasteiger partial charge < -0.3 is 5.32 Å². The van der Waals surface area contributed by atoms with Crippen molar-refractivity contribution in [2.75, 3.05) is 5.32 Å². The van der Waals surface area contributed by atoms with E-state index in [2.05, 4.69) is 16.4 Å². The molecule has 0 unspecified atom stereocenters. The van der Waals surface area contributed by atoms with Gasteiger partial charge >= 0.3 is 0 Å². The second-order valence-electron chi connectivity index (χ2n) is 5.06. The Morgan fingerprint density at radius 2 is 2.10 bits per heavy atom. The van der Waals surface area contributed by atoms with E-state index in [0.717, 1.165) is 18.5 Å². The van der Waals surface area contributed by atoms with Crippen LogP contribution in [0, 0.1) is 24.1 Å². The minimum absolute atomic E-state index is 0.271. The van der Waals surface area contributed by atoms with Gasteiger partial charge in [0, 0.05) is 22.9 Å². The molecule has 0 bridgehead atoms. The number of anilines is 2. The van der Waals surface area contributed by atoms with Crippen LogP contribution in [0.1, 0.15) is 35.6 Å². The van der Waals surface area contributed by atoms with Crippen molar-refractivity contribution in [3.8, 4) is 6.07 Å². The molecule has 20 heavy (non-hydrogen) atoms. The van der Waals surface area contributed by atoms with Gasteiger partial charge in [0.05, 0.1) is 5.56 Å². The summed E-state index contributed by atoms with van der Waals surface area (Å²) < 4.78 is 13.6. The number of nitriles is 1. The summed E-state index contributed by atoms with van der Waals surface area (Å²) in [6, 6.07) is 10.6. The number of hydrogen-bond acceptors (Lipinski definition) is 3. The SMILES string of the molecule is Cc1c(F)cccc1Nc1nc(C2CC2)ccc1C#N. The molecule has 0 saturated heterocycles. The predicted molar refractivity (Wildman–Crippen MR) is 75.3 cm³/mol. The summed E-state index contributed by atoms with van der Waals surface area (Å²) >= 11 is 0. The smallest absolute Gasteiger partial charge is 0.148 e. The zero-order chi connectivity index (χ0) is 14.1.